The van der Waals surface area contributed by atoms with Gasteiger partial charge in [0.1, 0.15) is 0 Å². The van der Waals surface area contributed by atoms with Gasteiger partial charge in [-0.1, -0.05) is 68.2 Å². The Morgan fingerprint density at radius 1 is 1.32 bits per heavy atom. The molecule has 0 spiro atoms. The quantitative estimate of drug-likeness (QED) is 0.804. The molecular weight excluding hydrogens is 302 g/mol. The normalized spacial score (nSPS) is 13.1. The maximum atomic E-state index is 12.3. The summed E-state index contributed by atoms with van der Waals surface area (Å²) in [6, 6.07) is 7.84. The molecule has 1 N–H and O–H groups in total. The number of hydrogen-bond acceptors (Lipinski definition) is 1. The molecule has 1 amide bonds. The number of alkyl halides is 1. The van der Waals surface area contributed by atoms with E-state index in [9.17, 15) is 4.79 Å². The van der Waals surface area contributed by atoms with Gasteiger partial charge in [-0.05, 0) is 23.5 Å². The molecule has 106 valence electrons. The summed E-state index contributed by atoms with van der Waals surface area (Å²) >= 11 is 3.58. The third kappa shape index (κ3) is 4.98. The van der Waals surface area contributed by atoms with Crippen LogP contribution in [0.15, 0.2) is 24.3 Å². The molecule has 0 aromatic heterocycles. The van der Waals surface area contributed by atoms with Crippen LogP contribution < -0.4 is 5.32 Å². The van der Waals surface area contributed by atoms with Crippen molar-refractivity contribution < 1.29 is 4.79 Å². The van der Waals surface area contributed by atoms with Crippen LogP contribution >= 0.6 is 15.9 Å². The maximum Gasteiger partial charge on any atom is 0.251 e. The Bertz CT molecular complexity index is 423. The number of rotatable bonds is 5. The second kappa shape index (κ2) is 7.09. The standard InChI is InChI=1S/C16H24BrNO/c1-5-8-12(17)11-18-15(19)13-9-6-7-10-14(13)16(2,3)4/h6-7,9-10,12H,5,8,11H2,1-4H3,(H,18,19). The third-order valence-electron chi connectivity index (χ3n) is 3.07. The number of halogens is 1. The minimum absolute atomic E-state index is 0.0195. The first-order chi connectivity index (χ1) is 8.86. The molecule has 0 fully saturated rings. The van der Waals surface area contributed by atoms with Crippen LogP contribution in [0.5, 0.6) is 0 Å². The van der Waals surface area contributed by atoms with E-state index in [0.717, 1.165) is 24.0 Å². The fourth-order valence-corrected chi connectivity index (χ4v) is 2.67. The zero-order chi connectivity index (χ0) is 14.5. The molecule has 0 aliphatic rings. The average Bonchev–Trinajstić information content (AvgIpc) is 2.35. The van der Waals surface area contributed by atoms with Gasteiger partial charge in [0.15, 0.2) is 0 Å². The van der Waals surface area contributed by atoms with Gasteiger partial charge < -0.3 is 5.32 Å². The fraction of sp³-hybridized carbons (Fsp3) is 0.562. The van der Waals surface area contributed by atoms with E-state index >= 15 is 0 Å². The third-order valence-corrected chi connectivity index (χ3v) is 3.85. The van der Waals surface area contributed by atoms with E-state index in [2.05, 4.69) is 48.9 Å². The highest BCUT2D eigenvalue weighted by Gasteiger charge is 2.21. The van der Waals surface area contributed by atoms with Crippen molar-refractivity contribution in [3.8, 4) is 0 Å². The molecule has 1 rings (SSSR count). The lowest BCUT2D eigenvalue weighted by Crippen LogP contribution is -2.31. The highest BCUT2D eigenvalue weighted by Crippen LogP contribution is 2.25. The van der Waals surface area contributed by atoms with Gasteiger partial charge in [0.2, 0.25) is 0 Å². The number of amides is 1. The molecule has 0 heterocycles. The van der Waals surface area contributed by atoms with Crippen LogP contribution in [0.3, 0.4) is 0 Å². The van der Waals surface area contributed by atoms with Gasteiger partial charge in [-0.15, -0.1) is 0 Å². The first-order valence-corrected chi connectivity index (χ1v) is 7.79. The van der Waals surface area contributed by atoms with Crippen LogP contribution in [0, 0.1) is 0 Å². The molecule has 1 atom stereocenters. The molecule has 1 aromatic rings. The van der Waals surface area contributed by atoms with Crippen molar-refractivity contribution in [2.75, 3.05) is 6.54 Å². The molecule has 1 unspecified atom stereocenters. The first kappa shape index (κ1) is 16.2. The van der Waals surface area contributed by atoms with Crippen LogP contribution in [-0.4, -0.2) is 17.3 Å². The minimum atomic E-state index is -0.0227. The van der Waals surface area contributed by atoms with Gasteiger partial charge in [0.25, 0.3) is 5.91 Å². The van der Waals surface area contributed by atoms with Crippen molar-refractivity contribution in [1.29, 1.82) is 0 Å². The van der Waals surface area contributed by atoms with Gasteiger partial charge >= 0.3 is 0 Å². The fourth-order valence-electron chi connectivity index (χ4n) is 2.05. The van der Waals surface area contributed by atoms with Crippen LogP contribution in [0.1, 0.15) is 56.5 Å². The summed E-state index contributed by atoms with van der Waals surface area (Å²) in [5, 5.41) is 3.01. The summed E-state index contributed by atoms with van der Waals surface area (Å²) in [6.45, 7) is 9.20. The summed E-state index contributed by atoms with van der Waals surface area (Å²) in [6.07, 6.45) is 2.19. The Morgan fingerprint density at radius 2 is 1.95 bits per heavy atom. The van der Waals surface area contributed by atoms with E-state index in [1.807, 2.05) is 24.3 Å². The maximum absolute atomic E-state index is 12.3. The van der Waals surface area contributed by atoms with Crippen molar-refractivity contribution in [1.82, 2.24) is 5.32 Å². The van der Waals surface area contributed by atoms with Crippen molar-refractivity contribution in [3.05, 3.63) is 35.4 Å². The average molecular weight is 326 g/mol. The highest BCUT2D eigenvalue weighted by molar-refractivity contribution is 9.09. The van der Waals surface area contributed by atoms with Gasteiger partial charge in [-0.25, -0.2) is 0 Å². The Kier molecular flexibility index (Phi) is 6.05. The molecular formula is C16H24BrNO. The Hall–Kier alpha value is -0.830. The second-order valence-corrected chi connectivity index (χ2v) is 7.19. The number of carbonyl (C=O) groups is 1. The van der Waals surface area contributed by atoms with Crippen LogP contribution in [0.4, 0.5) is 0 Å². The molecule has 3 heteroatoms. The van der Waals surface area contributed by atoms with Gasteiger partial charge in [0, 0.05) is 16.9 Å². The topological polar surface area (TPSA) is 29.1 Å². The van der Waals surface area contributed by atoms with E-state index < -0.39 is 0 Å². The van der Waals surface area contributed by atoms with Gasteiger partial charge in [-0.2, -0.15) is 0 Å². The molecule has 0 saturated carbocycles. The minimum Gasteiger partial charge on any atom is -0.351 e. The Morgan fingerprint density at radius 3 is 2.53 bits per heavy atom. The van der Waals surface area contributed by atoms with Gasteiger partial charge in [-0.3, -0.25) is 4.79 Å². The Labute approximate surface area is 125 Å². The largest absolute Gasteiger partial charge is 0.351 e. The summed E-state index contributed by atoms with van der Waals surface area (Å²) < 4.78 is 0. The van der Waals surface area contributed by atoms with E-state index in [1.165, 1.54) is 0 Å². The predicted octanol–water partition coefficient (Wildman–Crippen LogP) is 4.28. The smallest absolute Gasteiger partial charge is 0.251 e. The number of benzene rings is 1. The molecule has 0 radical (unpaired) electrons. The summed E-state index contributed by atoms with van der Waals surface area (Å²) in [5.74, 6) is 0.0195. The zero-order valence-corrected chi connectivity index (χ0v) is 13.9. The van der Waals surface area contributed by atoms with Crippen LogP contribution in [-0.2, 0) is 5.41 Å². The monoisotopic (exact) mass is 325 g/mol. The number of carbonyl (C=O) groups excluding carboxylic acids is 1. The van der Waals surface area contributed by atoms with Crippen molar-refractivity contribution in [2.24, 2.45) is 0 Å². The number of nitrogens with one attached hydrogen (secondary N) is 1. The number of hydrogen-bond donors (Lipinski definition) is 1. The van der Waals surface area contributed by atoms with Crippen LogP contribution in [0.25, 0.3) is 0 Å². The van der Waals surface area contributed by atoms with Crippen molar-refractivity contribution in [2.45, 2.75) is 50.8 Å². The molecule has 19 heavy (non-hydrogen) atoms. The summed E-state index contributed by atoms with van der Waals surface area (Å²) in [5.41, 5.74) is 1.85. The lowest BCUT2D eigenvalue weighted by molar-refractivity contribution is 0.0951. The molecule has 0 aliphatic heterocycles. The highest BCUT2D eigenvalue weighted by atomic mass is 79.9. The van der Waals surface area contributed by atoms with Crippen molar-refractivity contribution in [3.63, 3.8) is 0 Å². The van der Waals surface area contributed by atoms with E-state index in [0.29, 0.717) is 11.4 Å². The Balaban J connectivity index is 2.78. The lowest BCUT2D eigenvalue weighted by atomic mass is 9.83. The molecule has 0 bridgehead atoms. The molecule has 1 aromatic carbocycles. The van der Waals surface area contributed by atoms with Crippen molar-refractivity contribution >= 4 is 21.8 Å². The van der Waals surface area contributed by atoms with E-state index in [-0.39, 0.29) is 11.3 Å². The molecule has 0 saturated heterocycles. The predicted molar refractivity (Wildman–Crippen MR) is 85.1 cm³/mol. The van der Waals surface area contributed by atoms with Crippen LogP contribution in [0.2, 0.25) is 0 Å². The lowest BCUT2D eigenvalue weighted by Gasteiger charge is -2.22. The summed E-state index contributed by atoms with van der Waals surface area (Å²) in [4.78, 5) is 12.6. The second-order valence-electron chi connectivity index (χ2n) is 5.89. The van der Waals surface area contributed by atoms with E-state index in [4.69, 9.17) is 0 Å². The van der Waals surface area contributed by atoms with Gasteiger partial charge in [0.05, 0.1) is 0 Å². The molecule has 0 aliphatic carbocycles. The molecule has 2 nitrogen and oxygen atoms in total. The zero-order valence-electron chi connectivity index (χ0n) is 12.3. The SMILES string of the molecule is CCCC(Br)CNC(=O)c1ccccc1C(C)(C)C. The summed E-state index contributed by atoms with van der Waals surface area (Å²) in [7, 11) is 0. The van der Waals surface area contributed by atoms with E-state index in [1.54, 1.807) is 0 Å². The first-order valence-electron chi connectivity index (χ1n) is 6.88.